The highest BCUT2D eigenvalue weighted by atomic mass is 19.1. The highest BCUT2D eigenvalue weighted by Gasteiger charge is 2.30. The van der Waals surface area contributed by atoms with Gasteiger partial charge in [-0.15, -0.1) is 0 Å². The number of hydrogen-bond acceptors (Lipinski definition) is 8. The Hall–Kier alpha value is -3.76. The van der Waals surface area contributed by atoms with Crippen LogP contribution in [0, 0.1) is 11.7 Å². The van der Waals surface area contributed by atoms with E-state index >= 15 is 0 Å². The van der Waals surface area contributed by atoms with Gasteiger partial charge in [0.15, 0.2) is 23.1 Å². The Kier molecular flexibility index (Phi) is 8.53. The number of morpholine rings is 1. The summed E-state index contributed by atoms with van der Waals surface area (Å²) in [6.45, 7) is 5.36. The van der Waals surface area contributed by atoms with Gasteiger partial charge in [-0.2, -0.15) is 0 Å². The van der Waals surface area contributed by atoms with Crippen molar-refractivity contribution in [1.82, 2.24) is 15.2 Å². The summed E-state index contributed by atoms with van der Waals surface area (Å²) >= 11 is 0. The van der Waals surface area contributed by atoms with Gasteiger partial charge in [-0.25, -0.2) is 4.39 Å². The van der Waals surface area contributed by atoms with E-state index in [1.165, 1.54) is 12.1 Å². The number of fused-ring (bicyclic) bond motifs is 1. The number of amides is 1. The second kappa shape index (κ2) is 12.4. The molecule has 206 valence electrons. The third-order valence-corrected chi connectivity index (χ3v) is 7.00. The molecule has 2 aliphatic heterocycles. The minimum absolute atomic E-state index is 0.0136. The fourth-order valence-electron chi connectivity index (χ4n) is 4.87. The molecule has 39 heavy (non-hydrogen) atoms. The Balaban J connectivity index is 1.26. The summed E-state index contributed by atoms with van der Waals surface area (Å²) in [5.41, 5.74) is 1.11. The number of methoxy groups -OCH3 is 1. The van der Waals surface area contributed by atoms with Gasteiger partial charge in [0, 0.05) is 50.2 Å². The number of halogens is 1. The molecular weight excluding hydrogens is 505 g/mol. The molecule has 2 fully saturated rings. The first-order valence-corrected chi connectivity index (χ1v) is 13.2. The average molecular weight is 538 g/mol. The highest BCUT2D eigenvalue weighted by molar-refractivity contribution is 6.03. The quantitative estimate of drug-likeness (QED) is 0.293. The van der Waals surface area contributed by atoms with Crippen LogP contribution in [0.4, 0.5) is 4.39 Å². The van der Waals surface area contributed by atoms with Crippen molar-refractivity contribution in [2.45, 2.75) is 19.3 Å². The SMILES string of the molecule is COc1cc2c(Oc3ccc(CC(=O)C4CCNC4=O)cc3F)ccnc2cc1OCCCN1CCOCC1. The Morgan fingerprint density at radius 1 is 1.13 bits per heavy atom. The Labute approximate surface area is 226 Å². The maximum Gasteiger partial charge on any atom is 0.230 e. The number of hydrogen-bond donors (Lipinski definition) is 1. The lowest BCUT2D eigenvalue weighted by Gasteiger charge is -2.26. The van der Waals surface area contributed by atoms with E-state index in [0.29, 0.717) is 53.3 Å². The van der Waals surface area contributed by atoms with E-state index in [2.05, 4.69) is 15.2 Å². The third-order valence-electron chi connectivity index (χ3n) is 7.00. The van der Waals surface area contributed by atoms with E-state index < -0.39 is 11.7 Å². The molecule has 2 saturated heterocycles. The first-order valence-electron chi connectivity index (χ1n) is 13.2. The van der Waals surface area contributed by atoms with Crippen molar-refractivity contribution in [2.75, 3.05) is 53.1 Å². The Morgan fingerprint density at radius 2 is 1.97 bits per heavy atom. The van der Waals surface area contributed by atoms with Gasteiger partial charge in [0.25, 0.3) is 0 Å². The predicted octanol–water partition coefficient (Wildman–Crippen LogP) is 3.52. The lowest BCUT2D eigenvalue weighted by molar-refractivity contribution is -0.131. The number of benzene rings is 2. The van der Waals surface area contributed by atoms with Gasteiger partial charge < -0.3 is 24.3 Å². The molecule has 0 radical (unpaired) electrons. The van der Waals surface area contributed by atoms with Crippen LogP contribution in [0.1, 0.15) is 18.4 Å². The summed E-state index contributed by atoms with van der Waals surface area (Å²) in [6.07, 6.45) is 2.91. The van der Waals surface area contributed by atoms with Crippen LogP contribution in [-0.2, 0) is 20.7 Å². The molecule has 0 bridgehead atoms. The van der Waals surface area contributed by atoms with Crippen molar-refractivity contribution in [1.29, 1.82) is 0 Å². The number of nitrogens with one attached hydrogen (secondary N) is 1. The van der Waals surface area contributed by atoms with E-state index in [-0.39, 0.29) is 23.9 Å². The summed E-state index contributed by atoms with van der Waals surface area (Å²) in [7, 11) is 1.56. The Morgan fingerprint density at radius 3 is 2.72 bits per heavy atom. The number of carbonyl (C=O) groups is 2. The summed E-state index contributed by atoms with van der Waals surface area (Å²) in [5.74, 6) is -0.229. The van der Waals surface area contributed by atoms with Gasteiger partial charge in [0.1, 0.15) is 11.5 Å². The molecule has 2 aromatic carbocycles. The summed E-state index contributed by atoms with van der Waals surface area (Å²) in [4.78, 5) is 31.0. The number of rotatable bonds is 11. The van der Waals surface area contributed by atoms with E-state index in [1.807, 2.05) is 0 Å². The molecule has 1 atom stereocenters. The van der Waals surface area contributed by atoms with Crippen LogP contribution in [-0.4, -0.2) is 74.7 Å². The minimum atomic E-state index is -0.666. The lowest BCUT2D eigenvalue weighted by atomic mass is 9.96. The van der Waals surface area contributed by atoms with E-state index in [0.717, 1.165) is 39.3 Å². The van der Waals surface area contributed by atoms with E-state index in [1.54, 1.807) is 37.6 Å². The molecule has 9 nitrogen and oxygen atoms in total. The molecule has 1 aromatic heterocycles. The number of Topliss-reactive ketones (excluding diaryl/α,β-unsaturated/α-hetero) is 1. The molecule has 5 rings (SSSR count). The smallest absolute Gasteiger partial charge is 0.230 e. The molecule has 1 amide bonds. The van der Waals surface area contributed by atoms with Gasteiger partial charge >= 0.3 is 0 Å². The highest BCUT2D eigenvalue weighted by Crippen LogP contribution is 2.37. The molecule has 3 aromatic rings. The summed E-state index contributed by atoms with van der Waals surface area (Å²) < 4.78 is 37.9. The second-order valence-electron chi connectivity index (χ2n) is 9.63. The molecule has 1 unspecified atom stereocenters. The molecule has 0 saturated carbocycles. The number of aromatic nitrogens is 1. The fraction of sp³-hybridized carbons (Fsp3) is 0.414. The van der Waals surface area contributed by atoms with Gasteiger partial charge in [-0.05, 0) is 42.7 Å². The van der Waals surface area contributed by atoms with Crippen molar-refractivity contribution in [3.8, 4) is 23.0 Å². The maximum atomic E-state index is 15.0. The zero-order valence-corrected chi connectivity index (χ0v) is 21.9. The van der Waals surface area contributed by atoms with Crippen LogP contribution < -0.4 is 19.5 Å². The van der Waals surface area contributed by atoms with Crippen molar-refractivity contribution < 1.29 is 32.9 Å². The molecule has 2 aliphatic rings. The van der Waals surface area contributed by atoms with Crippen LogP contribution >= 0.6 is 0 Å². The zero-order valence-electron chi connectivity index (χ0n) is 21.9. The van der Waals surface area contributed by atoms with Crippen LogP contribution in [0.5, 0.6) is 23.0 Å². The van der Waals surface area contributed by atoms with Gasteiger partial charge in [0.05, 0.1) is 38.4 Å². The monoisotopic (exact) mass is 537 g/mol. The van der Waals surface area contributed by atoms with Crippen molar-refractivity contribution in [2.24, 2.45) is 5.92 Å². The number of ketones is 1. The first-order chi connectivity index (χ1) is 19.0. The third kappa shape index (κ3) is 6.46. The van der Waals surface area contributed by atoms with Gasteiger partial charge in [0.2, 0.25) is 5.91 Å². The molecule has 3 heterocycles. The topological polar surface area (TPSA) is 99.2 Å². The Bertz CT molecular complexity index is 1340. The van der Waals surface area contributed by atoms with Gasteiger partial charge in [-0.3, -0.25) is 19.5 Å². The van der Waals surface area contributed by atoms with Crippen molar-refractivity contribution >= 4 is 22.6 Å². The van der Waals surface area contributed by atoms with Gasteiger partial charge in [-0.1, -0.05) is 6.07 Å². The first kappa shape index (κ1) is 26.8. The summed E-state index contributed by atoms with van der Waals surface area (Å²) in [6, 6.07) is 9.61. The maximum absolute atomic E-state index is 15.0. The van der Waals surface area contributed by atoms with Crippen LogP contribution in [0.15, 0.2) is 42.6 Å². The van der Waals surface area contributed by atoms with E-state index in [9.17, 15) is 14.0 Å². The van der Waals surface area contributed by atoms with E-state index in [4.69, 9.17) is 18.9 Å². The van der Waals surface area contributed by atoms with Crippen LogP contribution in [0.25, 0.3) is 10.9 Å². The largest absolute Gasteiger partial charge is 0.493 e. The van der Waals surface area contributed by atoms with Crippen molar-refractivity contribution in [3.63, 3.8) is 0 Å². The van der Waals surface area contributed by atoms with Crippen molar-refractivity contribution in [3.05, 3.63) is 54.0 Å². The van der Waals surface area contributed by atoms with Crippen LogP contribution in [0.2, 0.25) is 0 Å². The number of nitrogens with zero attached hydrogens (tertiary/aromatic N) is 2. The lowest BCUT2D eigenvalue weighted by Crippen LogP contribution is -2.37. The average Bonchev–Trinajstić information content (AvgIpc) is 3.38. The normalized spacial score (nSPS) is 17.7. The van der Waals surface area contributed by atoms with Crippen LogP contribution in [0.3, 0.4) is 0 Å². The zero-order chi connectivity index (χ0) is 27.2. The second-order valence-corrected chi connectivity index (χ2v) is 9.63. The molecule has 0 aliphatic carbocycles. The molecule has 1 N–H and O–H groups in total. The number of ether oxygens (including phenoxy) is 4. The molecular formula is C29H32FN3O6. The number of carbonyl (C=O) groups excluding carboxylic acids is 2. The molecule has 10 heteroatoms. The molecule has 0 spiro atoms. The summed E-state index contributed by atoms with van der Waals surface area (Å²) in [5, 5.41) is 3.29. The standard InChI is InChI=1S/C29H32FN3O6/c1-36-27-17-21-23(18-28(27)38-12-2-9-33-10-13-37-14-11-33)31-8-6-25(21)39-26-4-3-19(15-22(26)30)16-24(34)20-5-7-32-29(20)35/h3-4,6,8,15,17-18,20H,2,5,7,9-14,16H2,1H3,(H,32,35). The predicted molar refractivity (Wildman–Crippen MR) is 142 cm³/mol. The fourth-order valence-corrected chi connectivity index (χ4v) is 4.87. The minimum Gasteiger partial charge on any atom is -0.493 e. The number of pyridine rings is 1.